The number of furan rings is 1. The third kappa shape index (κ3) is 2.61. The van der Waals surface area contributed by atoms with Crippen LogP contribution in [-0.4, -0.2) is 12.0 Å². The van der Waals surface area contributed by atoms with Crippen molar-refractivity contribution in [3.05, 3.63) is 48.2 Å². The molecule has 0 spiro atoms. The number of nitrogens with one attached hydrogen (secondary N) is 1. The van der Waals surface area contributed by atoms with Gasteiger partial charge in [-0.2, -0.15) is 0 Å². The van der Waals surface area contributed by atoms with Gasteiger partial charge in [-0.1, -0.05) is 0 Å². The van der Waals surface area contributed by atoms with Crippen LogP contribution < -0.4 is 10.1 Å². The van der Waals surface area contributed by atoms with Crippen molar-refractivity contribution < 1.29 is 9.15 Å². The number of rotatable bonds is 5. The average molecular weight is 218 g/mol. The van der Waals surface area contributed by atoms with Gasteiger partial charge in [0.05, 0.1) is 12.5 Å². The number of nitrogens with zero attached hydrogens (tertiary/aromatic N) is 1. The Bertz CT molecular complexity index is 426. The summed E-state index contributed by atoms with van der Waals surface area (Å²) in [6.07, 6.45) is 5.07. The van der Waals surface area contributed by atoms with Crippen LogP contribution in [0.4, 0.5) is 0 Å². The van der Waals surface area contributed by atoms with E-state index in [0.29, 0.717) is 6.61 Å². The Morgan fingerprint density at radius 3 is 3.12 bits per heavy atom. The summed E-state index contributed by atoms with van der Waals surface area (Å²) in [5.41, 5.74) is 1.12. The van der Waals surface area contributed by atoms with Crippen LogP contribution in [0.25, 0.3) is 0 Å². The molecule has 16 heavy (non-hydrogen) atoms. The molecule has 0 saturated carbocycles. The summed E-state index contributed by atoms with van der Waals surface area (Å²) in [6, 6.07) is 5.65. The van der Waals surface area contributed by atoms with Crippen molar-refractivity contribution in [2.45, 2.75) is 13.2 Å². The minimum absolute atomic E-state index is 0.426. The Morgan fingerprint density at radius 2 is 2.38 bits per heavy atom. The lowest BCUT2D eigenvalue weighted by Crippen LogP contribution is -2.07. The zero-order valence-electron chi connectivity index (χ0n) is 9.14. The van der Waals surface area contributed by atoms with E-state index in [2.05, 4.69) is 10.3 Å². The fraction of sp³-hybridized carbons (Fsp3) is 0.250. The molecule has 0 radical (unpaired) electrons. The summed E-state index contributed by atoms with van der Waals surface area (Å²) in [5, 5.41) is 3.08. The first-order valence-corrected chi connectivity index (χ1v) is 5.13. The summed E-state index contributed by atoms with van der Waals surface area (Å²) in [5.74, 6) is 1.59. The van der Waals surface area contributed by atoms with Crippen LogP contribution in [0.1, 0.15) is 11.3 Å². The molecule has 2 aromatic rings. The number of ether oxygens (including phenoxy) is 1. The zero-order chi connectivity index (χ0) is 11.2. The highest BCUT2D eigenvalue weighted by Crippen LogP contribution is 2.14. The Balaban J connectivity index is 1.97. The predicted molar refractivity (Wildman–Crippen MR) is 60.0 cm³/mol. The van der Waals surface area contributed by atoms with E-state index < -0.39 is 0 Å². The molecule has 0 unspecified atom stereocenters. The van der Waals surface area contributed by atoms with Gasteiger partial charge in [0.15, 0.2) is 0 Å². The lowest BCUT2D eigenvalue weighted by molar-refractivity contribution is 0.267. The summed E-state index contributed by atoms with van der Waals surface area (Å²) in [4.78, 5) is 3.98. The first-order chi connectivity index (χ1) is 7.90. The van der Waals surface area contributed by atoms with Crippen molar-refractivity contribution in [2.75, 3.05) is 7.05 Å². The van der Waals surface area contributed by atoms with E-state index in [4.69, 9.17) is 9.15 Å². The fourth-order valence-corrected chi connectivity index (χ4v) is 1.42. The number of hydrogen-bond acceptors (Lipinski definition) is 4. The van der Waals surface area contributed by atoms with Gasteiger partial charge < -0.3 is 14.5 Å². The van der Waals surface area contributed by atoms with Crippen molar-refractivity contribution in [3.8, 4) is 5.75 Å². The topological polar surface area (TPSA) is 47.3 Å². The van der Waals surface area contributed by atoms with Crippen LogP contribution in [0.5, 0.6) is 5.75 Å². The average Bonchev–Trinajstić information content (AvgIpc) is 2.76. The molecule has 0 bridgehead atoms. The molecule has 4 nitrogen and oxygen atoms in total. The first-order valence-electron chi connectivity index (χ1n) is 5.13. The lowest BCUT2D eigenvalue weighted by atomic mass is 10.2. The first kappa shape index (κ1) is 10.7. The van der Waals surface area contributed by atoms with Gasteiger partial charge in [0.1, 0.15) is 18.1 Å². The molecule has 1 N–H and O–H groups in total. The molecule has 0 amide bonds. The second kappa shape index (κ2) is 5.32. The molecule has 84 valence electrons. The van der Waals surface area contributed by atoms with Gasteiger partial charge in [-0.25, -0.2) is 0 Å². The third-order valence-corrected chi connectivity index (χ3v) is 2.21. The second-order valence-electron chi connectivity index (χ2n) is 3.38. The van der Waals surface area contributed by atoms with Crippen LogP contribution in [0.3, 0.4) is 0 Å². The van der Waals surface area contributed by atoms with Crippen molar-refractivity contribution in [1.82, 2.24) is 10.3 Å². The second-order valence-corrected chi connectivity index (χ2v) is 3.38. The monoisotopic (exact) mass is 218 g/mol. The van der Waals surface area contributed by atoms with Crippen LogP contribution in [0, 0.1) is 0 Å². The van der Waals surface area contributed by atoms with Gasteiger partial charge in [0.2, 0.25) is 0 Å². The van der Waals surface area contributed by atoms with E-state index in [1.807, 2.05) is 25.2 Å². The molecule has 2 aromatic heterocycles. The Morgan fingerprint density at radius 1 is 1.44 bits per heavy atom. The molecule has 0 saturated heterocycles. The maximum absolute atomic E-state index is 5.55. The molecular formula is C12H14N2O2. The van der Waals surface area contributed by atoms with Gasteiger partial charge in [-0.3, -0.25) is 4.98 Å². The molecule has 0 atom stereocenters. The summed E-state index contributed by atoms with van der Waals surface area (Å²) >= 11 is 0. The Kier molecular flexibility index (Phi) is 3.56. The smallest absolute Gasteiger partial charge is 0.146 e. The van der Waals surface area contributed by atoms with Crippen LogP contribution in [-0.2, 0) is 13.2 Å². The number of hydrogen-bond donors (Lipinski definition) is 1. The van der Waals surface area contributed by atoms with Gasteiger partial charge in [-0.05, 0) is 25.2 Å². The minimum Gasteiger partial charge on any atom is -0.484 e. The minimum atomic E-state index is 0.426. The van der Waals surface area contributed by atoms with E-state index in [1.165, 1.54) is 0 Å². The van der Waals surface area contributed by atoms with Gasteiger partial charge >= 0.3 is 0 Å². The molecule has 4 heteroatoms. The van der Waals surface area contributed by atoms with E-state index >= 15 is 0 Å². The Labute approximate surface area is 94.3 Å². The summed E-state index contributed by atoms with van der Waals surface area (Å²) in [7, 11) is 1.90. The molecular weight excluding hydrogens is 204 g/mol. The van der Waals surface area contributed by atoms with Crippen LogP contribution in [0.2, 0.25) is 0 Å². The molecule has 0 aliphatic heterocycles. The quantitative estimate of drug-likeness (QED) is 0.833. The largest absolute Gasteiger partial charge is 0.484 e. The molecule has 0 fully saturated rings. The highest BCUT2D eigenvalue weighted by molar-refractivity contribution is 5.19. The van der Waals surface area contributed by atoms with Crippen molar-refractivity contribution in [3.63, 3.8) is 0 Å². The number of pyridine rings is 1. The molecule has 0 aromatic carbocycles. The van der Waals surface area contributed by atoms with Crippen LogP contribution >= 0.6 is 0 Å². The summed E-state index contributed by atoms with van der Waals surface area (Å²) in [6.45, 7) is 1.21. The molecule has 2 rings (SSSR count). The number of aromatic nitrogens is 1. The fourth-order valence-electron chi connectivity index (χ4n) is 1.42. The van der Waals surface area contributed by atoms with Gasteiger partial charge in [0.25, 0.3) is 0 Å². The maximum atomic E-state index is 5.55. The normalized spacial score (nSPS) is 10.3. The lowest BCUT2D eigenvalue weighted by Gasteiger charge is -2.05. The Hall–Kier alpha value is -1.81. The van der Waals surface area contributed by atoms with Crippen molar-refractivity contribution >= 4 is 0 Å². The predicted octanol–water partition coefficient (Wildman–Crippen LogP) is 1.97. The molecule has 2 heterocycles. The van der Waals surface area contributed by atoms with Gasteiger partial charge in [-0.15, -0.1) is 0 Å². The highest BCUT2D eigenvalue weighted by Gasteiger charge is 2.06. The third-order valence-electron chi connectivity index (χ3n) is 2.21. The standard InChI is InChI=1S/C12H14N2O2/c1-13-7-10-4-6-15-12(10)9-16-11-3-2-5-14-8-11/h2-6,8,13H,7,9H2,1H3. The molecule has 0 aliphatic carbocycles. The van der Waals surface area contributed by atoms with Crippen molar-refractivity contribution in [2.24, 2.45) is 0 Å². The SMILES string of the molecule is CNCc1ccoc1COc1cccnc1. The van der Waals surface area contributed by atoms with E-state index in [-0.39, 0.29) is 0 Å². The molecule has 0 aliphatic rings. The zero-order valence-corrected chi connectivity index (χ0v) is 9.14. The van der Waals surface area contributed by atoms with Gasteiger partial charge in [0, 0.05) is 18.3 Å². The highest BCUT2D eigenvalue weighted by atomic mass is 16.5. The van der Waals surface area contributed by atoms with E-state index in [9.17, 15) is 0 Å². The maximum Gasteiger partial charge on any atom is 0.146 e. The summed E-state index contributed by atoms with van der Waals surface area (Å²) < 4.78 is 10.9. The van der Waals surface area contributed by atoms with E-state index in [1.54, 1.807) is 18.7 Å². The van der Waals surface area contributed by atoms with E-state index in [0.717, 1.165) is 23.6 Å². The van der Waals surface area contributed by atoms with Crippen LogP contribution in [0.15, 0.2) is 41.3 Å². The van der Waals surface area contributed by atoms with Crippen molar-refractivity contribution in [1.29, 1.82) is 0 Å².